The first-order valence-electron chi connectivity index (χ1n) is 5.76. The number of aromatic carboxylic acids is 1. The van der Waals surface area contributed by atoms with E-state index in [1.54, 1.807) is 26.2 Å². The molecule has 0 fully saturated rings. The van der Waals surface area contributed by atoms with Crippen LogP contribution in [-0.2, 0) is 7.05 Å². The number of carbonyl (C=O) groups is 2. The van der Waals surface area contributed by atoms with E-state index < -0.39 is 11.9 Å². The molecule has 0 saturated carbocycles. The van der Waals surface area contributed by atoms with E-state index in [1.165, 1.54) is 10.7 Å². The Kier molecular flexibility index (Phi) is 3.43. The van der Waals surface area contributed by atoms with Crippen molar-refractivity contribution in [2.75, 3.05) is 5.32 Å². The molecule has 0 radical (unpaired) electrons. The maximum absolute atomic E-state index is 12.1. The van der Waals surface area contributed by atoms with Crippen LogP contribution in [0, 0.1) is 6.92 Å². The highest BCUT2D eigenvalue weighted by Crippen LogP contribution is 2.23. The molecule has 0 spiro atoms. The van der Waals surface area contributed by atoms with Gasteiger partial charge in [0.15, 0.2) is 5.82 Å². The van der Waals surface area contributed by atoms with Crippen LogP contribution in [0.5, 0.6) is 5.75 Å². The summed E-state index contributed by atoms with van der Waals surface area (Å²) in [6.07, 6.45) is 1.67. The molecule has 3 N–H and O–H groups in total. The summed E-state index contributed by atoms with van der Waals surface area (Å²) in [5.74, 6) is -1.79. The third-order valence-corrected chi connectivity index (χ3v) is 2.77. The average Bonchev–Trinajstić information content (AvgIpc) is 2.74. The number of carbonyl (C=O) groups excluding carboxylic acids is 1. The predicted octanol–water partition coefficient (Wildman–Crippen LogP) is 1.38. The van der Waals surface area contributed by atoms with Crippen LogP contribution in [0.3, 0.4) is 0 Å². The lowest BCUT2D eigenvalue weighted by molar-refractivity contribution is 0.0693. The molecule has 2 rings (SSSR count). The van der Waals surface area contributed by atoms with E-state index in [2.05, 4.69) is 10.4 Å². The Morgan fingerprint density at radius 3 is 2.55 bits per heavy atom. The van der Waals surface area contributed by atoms with Gasteiger partial charge in [0, 0.05) is 24.9 Å². The zero-order valence-corrected chi connectivity index (χ0v) is 10.9. The fraction of sp³-hybridized carbons (Fsp3) is 0.154. The van der Waals surface area contributed by atoms with E-state index in [9.17, 15) is 14.7 Å². The van der Waals surface area contributed by atoms with Crippen molar-refractivity contribution in [1.29, 1.82) is 0 Å². The minimum Gasteiger partial charge on any atom is -0.507 e. The molecule has 104 valence electrons. The van der Waals surface area contributed by atoms with Gasteiger partial charge in [0.05, 0.1) is 0 Å². The lowest BCUT2D eigenvalue weighted by Crippen LogP contribution is -2.15. The van der Waals surface area contributed by atoms with Gasteiger partial charge in [-0.15, -0.1) is 0 Å². The van der Waals surface area contributed by atoms with Gasteiger partial charge in [-0.2, -0.15) is 5.10 Å². The van der Waals surface area contributed by atoms with Crippen molar-refractivity contribution in [3.63, 3.8) is 0 Å². The lowest BCUT2D eigenvalue weighted by Gasteiger charge is -2.08. The molecule has 0 aliphatic rings. The summed E-state index contributed by atoms with van der Waals surface area (Å²) in [5.41, 5.74) is 0.327. The van der Waals surface area contributed by atoms with Crippen LogP contribution in [0.4, 0.5) is 5.82 Å². The first kappa shape index (κ1) is 13.6. The first-order chi connectivity index (χ1) is 9.38. The van der Waals surface area contributed by atoms with Gasteiger partial charge in [-0.05, 0) is 24.6 Å². The number of hydrogen-bond acceptors (Lipinski definition) is 4. The molecule has 2 aromatic rings. The zero-order chi connectivity index (χ0) is 14.9. The number of benzene rings is 1. The molecule has 0 bridgehead atoms. The number of carboxylic acid groups (broad SMARTS) is 1. The van der Waals surface area contributed by atoms with Crippen molar-refractivity contribution >= 4 is 17.7 Å². The largest absolute Gasteiger partial charge is 0.507 e. The van der Waals surface area contributed by atoms with Gasteiger partial charge >= 0.3 is 5.97 Å². The van der Waals surface area contributed by atoms with Crippen molar-refractivity contribution in [2.24, 2.45) is 7.05 Å². The summed E-state index contributed by atoms with van der Waals surface area (Å²) in [6, 6.07) is 4.01. The second kappa shape index (κ2) is 5.04. The number of aromatic hydroxyl groups is 1. The Bertz CT molecular complexity index is 691. The molecule has 0 saturated heterocycles. The van der Waals surface area contributed by atoms with Crippen LogP contribution in [-0.4, -0.2) is 31.9 Å². The Balaban J connectivity index is 2.34. The second-order valence-corrected chi connectivity index (χ2v) is 4.32. The number of aromatic nitrogens is 2. The van der Waals surface area contributed by atoms with E-state index in [1.807, 2.05) is 0 Å². The number of phenols is 1. The highest BCUT2D eigenvalue weighted by molar-refractivity contribution is 6.06. The number of anilines is 1. The Morgan fingerprint density at radius 1 is 1.30 bits per heavy atom. The van der Waals surface area contributed by atoms with Crippen LogP contribution in [0.2, 0.25) is 0 Å². The number of rotatable bonds is 3. The van der Waals surface area contributed by atoms with Crippen LogP contribution in [0.25, 0.3) is 0 Å². The standard InChI is InChI=1S/C13H13N3O4/c1-7-5-10(17)9(13(19)20)6-8(7)12(18)14-11-3-4-16(2)15-11/h3-6,17H,1-2H3,(H,19,20)(H,14,15,18). The van der Waals surface area contributed by atoms with Crippen molar-refractivity contribution < 1.29 is 19.8 Å². The summed E-state index contributed by atoms with van der Waals surface area (Å²) in [5, 5.41) is 25.0. The SMILES string of the molecule is Cc1cc(O)c(C(=O)O)cc1C(=O)Nc1ccn(C)n1. The van der Waals surface area contributed by atoms with E-state index in [4.69, 9.17) is 5.11 Å². The van der Waals surface area contributed by atoms with E-state index in [0.29, 0.717) is 11.4 Å². The van der Waals surface area contributed by atoms with Crippen LogP contribution in [0.15, 0.2) is 24.4 Å². The molecule has 1 aromatic carbocycles. The second-order valence-electron chi connectivity index (χ2n) is 4.32. The highest BCUT2D eigenvalue weighted by atomic mass is 16.4. The van der Waals surface area contributed by atoms with Crippen LogP contribution >= 0.6 is 0 Å². The third-order valence-electron chi connectivity index (χ3n) is 2.77. The molecule has 0 aliphatic carbocycles. The third kappa shape index (κ3) is 2.61. The molecule has 20 heavy (non-hydrogen) atoms. The maximum Gasteiger partial charge on any atom is 0.339 e. The van der Waals surface area contributed by atoms with Gasteiger partial charge in [0.25, 0.3) is 5.91 Å². The number of aryl methyl sites for hydroxylation is 2. The monoisotopic (exact) mass is 275 g/mol. The Hall–Kier alpha value is -2.83. The fourth-order valence-electron chi connectivity index (χ4n) is 1.77. The minimum absolute atomic E-state index is 0.172. The smallest absolute Gasteiger partial charge is 0.339 e. The molecule has 0 atom stereocenters. The summed E-state index contributed by atoms with van der Waals surface area (Å²) in [6.45, 7) is 1.61. The minimum atomic E-state index is -1.30. The first-order valence-corrected chi connectivity index (χ1v) is 5.76. The molecule has 1 amide bonds. The summed E-state index contributed by atoms with van der Waals surface area (Å²) >= 11 is 0. The Labute approximate surface area is 114 Å². The number of nitrogens with zero attached hydrogens (tertiary/aromatic N) is 2. The predicted molar refractivity (Wildman–Crippen MR) is 71.0 cm³/mol. The molecule has 7 nitrogen and oxygen atoms in total. The normalized spacial score (nSPS) is 10.3. The number of nitrogens with one attached hydrogen (secondary N) is 1. The number of carboxylic acids is 1. The molecule has 1 heterocycles. The quantitative estimate of drug-likeness (QED) is 0.785. The molecule has 0 unspecified atom stereocenters. The Morgan fingerprint density at radius 2 is 2.00 bits per heavy atom. The summed E-state index contributed by atoms with van der Waals surface area (Å²) in [7, 11) is 1.71. The average molecular weight is 275 g/mol. The van der Waals surface area contributed by atoms with E-state index in [-0.39, 0.29) is 16.9 Å². The summed E-state index contributed by atoms with van der Waals surface area (Å²) in [4.78, 5) is 23.1. The lowest BCUT2D eigenvalue weighted by atomic mass is 10.0. The van der Waals surface area contributed by atoms with Crippen LogP contribution < -0.4 is 5.32 Å². The van der Waals surface area contributed by atoms with Crippen molar-refractivity contribution in [2.45, 2.75) is 6.92 Å². The highest BCUT2D eigenvalue weighted by Gasteiger charge is 2.17. The van der Waals surface area contributed by atoms with Gasteiger partial charge in [0.2, 0.25) is 0 Å². The topological polar surface area (TPSA) is 104 Å². The molecular weight excluding hydrogens is 262 g/mol. The number of hydrogen-bond donors (Lipinski definition) is 3. The van der Waals surface area contributed by atoms with E-state index >= 15 is 0 Å². The molecule has 1 aromatic heterocycles. The zero-order valence-electron chi connectivity index (χ0n) is 10.9. The fourth-order valence-corrected chi connectivity index (χ4v) is 1.77. The molecular formula is C13H13N3O4. The van der Waals surface area contributed by atoms with Gasteiger partial charge < -0.3 is 15.5 Å². The van der Waals surface area contributed by atoms with Gasteiger partial charge in [-0.1, -0.05) is 0 Å². The van der Waals surface area contributed by atoms with Crippen molar-refractivity contribution in [1.82, 2.24) is 9.78 Å². The van der Waals surface area contributed by atoms with Gasteiger partial charge in [-0.3, -0.25) is 9.48 Å². The van der Waals surface area contributed by atoms with Gasteiger partial charge in [-0.25, -0.2) is 4.79 Å². The van der Waals surface area contributed by atoms with E-state index in [0.717, 1.165) is 6.07 Å². The molecule has 0 aliphatic heterocycles. The maximum atomic E-state index is 12.1. The van der Waals surface area contributed by atoms with Crippen molar-refractivity contribution in [3.05, 3.63) is 41.1 Å². The summed E-state index contributed by atoms with van der Waals surface area (Å²) < 4.78 is 1.53. The van der Waals surface area contributed by atoms with Crippen LogP contribution in [0.1, 0.15) is 26.3 Å². The number of amides is 1. The van der Waals surface area contributed by atoms with Crippen molar-refractivity contribution in [3.8, 4) is 5.75 Å². The van der Waals surface area contributed by atoms with Gasteiger partial charge in [0.1, 0.15) is 11.3 Å². The molecule has 7 heteroatoms.